The Labute approximate surface area is 182 Å². The number of ketones is 2. The Morgan fingerprint density at radius 2 is 0.900 bits per heavy atom. The molecule has 0 aliphatic heterocycles. The van der Waals surface area contributed by atoms with Crippen LogP contribution in [-0.4, -0.2) is 38.9 Å². The van der Waals surface area contributed by atoms with E-state index in [1.165, 1.54) is 65.6 Å². The van der Waals surface area contributed by atoms with Crippen molar-refractivity contribution in [3.8, 4) is 0 Å². The summed E-state index contributed by atoms with van der Waals surface area (Å²) in [5.74, 6) is -0.523. The van der Waals surface area contributed by atoms with E-state index in [2.05, 4.69) is 24.5 Å². The lowest BCUT2D eigenvalue weighted by Gasteiger charge is -2.23. The van der Waals surface area contributed by atoms with Crippen LogP contribution < -0.4 is 10.6 Å². The standard InChI is InChI=1S/C24H42N2O4/c1-5-7-9-11-13-15-17-25-19-21(27)24(30-4)20(22(28)23(19)29-3)26-18-16-14-12-10-8-6-2/h25-26H,5-18H2,1-4H3. The molecule has 0 radical (unpaired) electrons. The second-order valence-electron chi connectivity index (χ2n) is 7.86. The number of carbonyl (C=O) groups excluding carboxylic acids is 2. The Balaban J connectivity index is 2.62. The lowest BCUT2D eigenvalue weighted by atomic mass is 10.0. The van der Waals surface area contributed by atoms with E-state index in [-0.39, 0.29) is 34.5 Å². The van der Waals surface area contributed by atoms with Crippen molar-refractivity contribution < 1.29 is 19.1 Å². The summed E-state index contributed by atoms with van der Waals surface area (Å²) >= 11 is 0. The van der Waals surface area contributed by atoms with Crippen molar-refractivity contribution in [2.45, 2.75) is 90.9 Å². The summed E-state index contributed by atoms with van der Waals surface area (Å²) in [7, 11) is 2.85. The summed E-state index contributed by atoms with van der Waals surface area (Å²) < 4.78 is 10.6. The molecule has 172 valence electrons. The van der Waals surface area contributed by atoms with Crippen LogP contribution in [0, 0.1) is 0 Å². The van der Waals surface area contributed by atoms with E-state index in [1.54, 1.807) is 0 Å². The minimum atomic E-state index is -0.328. The molecular formula is C24H42N2O4. The van der Waals surface area contributed by atoms with Crippen molar-refractivity contribution in [1.29, 1.82) is 0 Å². The van der Waals surface area contributed by atoms with Gasteiger partial charge >= 0.3 is 0 Å². The minimum absolute atomic E-state index is 0.0669. The van der Waals surface area contributed by atoms with Crippen molar-refractivity contribution in [2.24, 2.45) is 0 Å². The third-order valence-electron chi connectivity index (χ3n) is 5.39. The van der Waals surface area contributed by atoms with Crippen molar-refractivity contribution in [3.05, 3.63) is 22.9 Å². The molecule has 0 amide bonds. The van der Waals surface area contributed by atoms with Crippen molar-refractivity contribution >= 4 is 11.6 Å². The fourth-order valence-corrected chi connectivity index (χ4v) is 3.61. The van der Waals surface area contributed by atoms with E-state index in [0.29, 0.717) is 13.1 Å². The van der Waals surface area contributed by atoms with Gasteiger partial charge < -0.3 is 20.1 Å². The third kappa shape index (κ3) is 8.41. The van der Waals surface area contributed by atoms with Gasteiger partial charge in [-0.2, -0.15) is 0 Å². The van der Waals surface area contributed by atoms with E-state index in [9.17, 15) is 9.59 Å². The Hall–Kier alpha value is -1.98. The van der Waals surface area contributed by atoms with Crippen LogP contribution in [0.4, 0.5) is 0 Å². The van der Waals surface area contributed by atoms with Gasteiger partial charge in [0.25, 0.3) is 0 Å². The number of carbonyl (C=O) groups is 2. The predicted molar refractivity (Wildman–Crippen MR) is 121 cm³/mol. The molecule has 6 heteroatoms. The van der Waals surface area contributed by atoms with Gasteiger partial charge in [-0.15, -0.1) is 0 Å². The first-order valence-corrected chi connectivity index (χ1v) is 11.8. The average Bonchev–Trinajstić information content (AvgIpc) is 2.75. The lowest BCUT2D eigenvalue weighted by Crippen LogP contribution is -2.37. The van der Waals surface area contributed by atoms with Gasteiger partial charge in [-0.25, -0.2) is 0 Å². The van der Waals surface area contributed by atoms with Crippen molar-refractivity contribution in [2.75, 3.05) is 27.3 Å². The van der Waals surface area contributed by atoms with Crippen molar-refractivity contribution in [1.82, 2.24) is 10.6 Å². The van der Waals surface area contributed by atoms with E-state index in [4.69, 9.17) is 9.47 Å². The quantitative estimate of drug-likeness (QED) is 0.245. The molecule has 0 spiro atoms. The molecule has 0 bridgehead atoms. The zero-order chi connectivity index (χ0) is 22.2. The van der Waals surface area contributed by atoms with Gasteiger partial charge in [-0.1, -0.05) is 78.1 Å². The molecule has 0 heterocycles. The monoisotopic (exact) mass is 422 g/mol. The third-order valence-corrected chi connectivity index (χ3v) is 5.39. The molecule has 30 heavy (non-hydrogen) atoms. The number of rotatable bonds is 18. The van der Waals surface area contributed by atoms with Crippen LogP contribution in [0.3, 0.4) is 0 Å². The summed E-state index contributed by atoms with van der Waals surface area (Å²) in [4.78, 5) is 25.8. The fraction of sp³-hybridized carbons (Fsp3) is 0.750. The smallest absolute Gasteiger partial charge is 0.249 e. The van der Waals surface area contributed by atoms with Crippen LogP contribution in [0.2, 0.25) is 0 Å². The fourth-order valence-electron chi connectivity index (χ4n) is 3.61. The molecular weight excluding hydrogens is 380 g/mol. The van der Waals surface area contributed by atoms with E-state index >= 15 is 0 Å². The highest BCUT2D eigenvalue weighted by Crippen LogP contribution is 2.23. The number of hydrogen-bond donors (Lipinski definition) is 2. The number of nitrogens with one attached hydrogen (secondary N) is 2. The van der Waals surface area contributed by atoms with Crippen LogP contribution in [0.5, 0.6) is 0 Å². The molecule has 1 aliphatic rings. The number of Topliss-reactive ketones (excluding diaryl/α,β-unsaturated/α-hetero) is 2. The second-order valence-corrected chi connectivity index (χ2v) is 7.86. The summed E-state index contributed by atoms with van der Waals surface area (Å²) in [5.41, 5.74) is 0.413. The summed E-state index contributed by atoms with van der Waals surface area (Å²) in [6.45, 7) is 5.66. The normalized spacial score (nSPS) is 14.4. The highest BCUT2D eigenvalue weighted by atomic mass is 16.5. The maximum absolute atomic E-state index is 12.9. The maximum Gasteiger partial charge on any atom is 0.249 e. The Morgan fingerprint density at radius 1 is 0.567 bits per heavy atom. The van der Waals surface area contributed by atoms with Gasteiger partial charge in [0.05, 0.1) is 14.2 Å². The highest BCUT2D eigenvalue weighted by molar-refractivity contribution is 6.23. The molecule has 0 unspecified atom stereocenters. The van der Waals surface area contributed by atoms with Gasteiger partial charge in [0.1, 0.15) is 11.4 Å². The first-order valence-electron chi connectivity index (χ1n) is 11.8. The van der Waals surface area contributed by atoms with Gasteiger partial charge in [0.2, 0.25) is 11.6 Å². The molecule has 0 fully saturated rings. The zero-order valence-electron chi connectivity index (χ0n) is 19.5. The van der Waals surface area contributed by atoms with Crippen LogP contribution in [0.15, 0.2) is 22.9 Å². The molecule has 6 nitrogen and oxygen atoms in total. The number of methoxy groups -OCH3 is 2. The Kier molecular flexibility index (Phi) is 13.7. The predicted octanol–water partition coefficient (Wildman–Crippen LogP) is 4.75. The van der Waals surface area contributed by atoms with Crippen LogP contribution in [0.25, 0.3) is 0 Å². The molecule has 1 aliphatic carbocycles. The summed E-state index contributed by atoms with van der Waals surface area (Å²) in [5, 5.41) is 6.23. The van der Waals surface area contributed by atoms with E-state index < -0.39 is 0 Å². The topological polar surface area (TPSA) is 76.7 Å². The first kappa shape index (κ1) is 26.1. The molecule has 0 aromatic carbocycles. The maximum atomic E-state index is 12.9. The molecule has 0 saturated carbocycles. The van der Waals surface area contributed by atoms with Crippen LogP contribution >= 0.6 is 0 Å². The Bertz CT molecular complexity index is 544. The summed E-state index contributed by atoms with van der Waals surface area (Å²) in [6.07, 6.45) is 13.9. The van der Waals surface area contributed by atoms with Crippen LogP contribution in [-0.2, 0) is 19.1 Å². The molecule has 2 N–H and O–H groups in total. The lowest BCUT2D eigenvalue weighted by molar-refractivity contribution is -0.121. The highest BCUT2D eigenvalue weighted by Gasteiger charge is 2.36. The van der Waals surface area contributed by atoms with E-state index in [0.717, 1.165) is 25.7 Å². The van der Waals surface area contributed by atoms with Gasteiger partial charge in [-0.3, -0.25) is 9.59 Å². The van der Waals surface area contributed by atoms with E-state index in [1.807, 2.05) is 0 Å². The summed E-state index contributed by atoms with van der Waals surface area (Å²) in [6, 6.07) is 0. The van der Waals surface area contributed by atoms with Gasteiger partial charge in [-0.05, 0) is 12.8 Å². The molecule has 0 aromatic heterocycles. The molecule has 0 atom stereocenters. The molecule has 0 aromatic rings. The van der Waals surface area contributed by atoms with Gasteiger partial charge in [0.15, 0.2) is 11.5 Å². The average molecular weight is 423 g/mol. The van der Waals surface area contributed by atoms with Crippen molar-refractivity contribution in [3.63, 3.8) is 0 Å². The second kappa shape index (κ2) is 15.8. The Morgan fingerprint density at radius 3 is 1.23 bits per heavy atom. The SMILES string of the molecule is CCCCCCCCNC1=C(OC)C(=O)C(NCCCCCCCC)=C(OC)C1=O. The molecule has 1 rings (SSSR count). The van der Waals surface area contributed by atoms with Crippen LogP contribution in [0.1, 0.15) is 90.9 Å². The largest absolute Gasteiger partial charge is 0.491 e. The number of unbranched alkanes of at least 4 members (excludes halogenated alkanes) is 10. The zero-order valence-corrected chi connectivity index (χ0v) is 19.5. The number of ether oxygens (including phenoxy) is 2. The number of hydrogen-bond acceptors (Lipinski definition) is 6. The first-order chi connectivity index (χ1) is 14.6. The minimum Gasteiger partial charge on any atom is -0.491 e. The molecule has 0 saturated heterocycles. The van der Waals surface area contributed by atoms with Gasteiger partial charge in [0, 0.05) is 13.1 Å².